The summed E-state index contributed by atoms with van der Waals surface area (Å²) in [6, 6.07) is 0. The highest BCUT2D eigenvalue weighted by atomic mass is 79.9. The third-order valence-corrected chi connectivity index (χ3v) is 2.43. The smallest absolute Gasteiger partial charge is 0.154 e. The molecule has 0 radical (unpaired) electrons. The van der Waals surface area contributed by atoms with Gasteiger partial charge in [0.1, 0.15) is 4.60 Å². The minimum atomic E-state index is 0.409. The zero-order valence-corrected chi connectivity index (χ0v) is 8.11. The van der Waals surface area contributed by atoms with Crippen LogP contribution in [0.25, 0.3) is 0 Å². The molecule has 1 heterocycles. The Morgan fingerprint density at radius 3 is 2.82 bits per heavy atom. The van der Waals surface area contributed by atoms with E-state index in [1.54, 1.807) is 13.1 Å². The highest BCUT2D eigenvalue weighted by molar-refractivity contribution is 9.10. The number of aryl methyl sites for hydroxylation is 1. The maximum absolute atomic E-state index is 10.4. The van der Waals surface area contributed by atoms with Crippen LogP contribution in [0.3, 0.4) is 0 Å². The molecule has 0 saturated carbocycles. The van der Waals surface area contributed by atoms with Gasteiger partial charge in [-0.15, -0.1) is 0 Å². The molecule has 0 unspecified atom stereocenters. The van der Waals surface area contributed by atoms with E-state index in [2.05, 4.69) is 20.9 Å². The number of aldehydes is 1. The lowest BCUT2D eigenvalue weighted by atomic mass is 10.2. The molecule has 0 aromatic carbocycles. The van der Waals surface area contributed by atoms with Gasteiger partial charge < -0.3 is 0 Å². The third kappa shape index (κ3) is 1.60. The van der Waals surface area contributed by atoms with Gasteiger partial charge in [0.05, 0.1) is 10.6 Å². The van der Waals surface area contributed by atoms with E-state index in [1.807, 2.05) is 0 Å². The molecule has 4 heteroatoms. The normalized spacial score (nSPS) is 9.73. The van der Waals surface area contributed by atoms with Crippen LogP contribution in [0.2, 0.25) is 5.02 Å². The second-order valence-corrected chi connectivity index (χ2v) is 3.21. The summed E-state index contributed by atoms with van der Waals surface area (Å²) in [4.78, 5) is 14.4. The second-order valence-electron chi connectivity index (χ2n) is 2.08. The molecule has 0 amide bonds. The molecule has 2 nitrogen and oxygen atoms in total. The Balaban J connectivity index is 3.40. The van der Waals surface area contributed by atoms with E-state index in [0.717, 1.165) is 5.56 Å². The lowest BCUT2D eigenvalue weighted by molar-refractivity contribution is 0.112. The predicted octanol–water partition coefficient (Wildman–Crippen LogP) is 2.62. The molecule has 11 heavy (non-hydrogen) atoms. The largest absolute Gasteiger partial charge is 0.298 e. The Bertz CT molecular complexity index is 301. The molecule has 0 aliphatic carbocycles. The van der Waals surface area contributed by atoms with Crippen LogP contribution in [0.1, 0.15) is 15.9 Å². The van der Waals surface area contributed by atoms with Crippen molar-refractivity contribution in [3.05, 3.63) is 26.9 Å². The SMILES string of the molecule is Cc1cnc(Br)c(C=O)c1Cl. The molecule has 58 valence electrons. The highest BCUT2D eigenvalue weighted by Crippen LogP contribution is 2.23. The van der Waals surface area contributed by atoms with Crippen LogP contribution < -0.4 is 0 Å². The molecule has 0 aliphatic heterocycles. The molecule has 0 aliphatic rings. The number of hydrogen-bond donors (Lipinski definition) is 0. The van der Waals surface area contributed by atoms with E-state index in [0.29, 0.717) is 21.5 Å². The van der Waals surface area contributed by atoms with Crippen molar-refractivity contribution in [1.29, 1.82) is 0 Å². The summed E-state index contributed by atoms with van der Waals surface area (Å²) < 4.78 is 0.489. The van der Waals surface area contributed by atoms with Crippen molar-refractivity contribution < 1.29 is 4.79 Å². The summed E-state index contributed by atoms with van der Waals surface area (Å²) in [7, 11) is 0. The van der Waals surface area contributed by atoms with Crippen LogP contribution in [0.4, 0.5) is 0 Å². The summed E-state index contributed by atoms with van der Waals surface area (Å²) in [5.74, 6) is 0. The molecule has 0 N–H and O–H groups in total. The number of nitrogens with zero attached hydrogens (tertiary/aromatic N) is 1. The van der Waals surface area contributed by atoms with Crippen LogP contribution in [-0.2, 0) is 0 Å². The fraction of sp³-hybridized carbons (Fsp3) is 0.143. The number of pyridine rings is 1. The van der Waals surface area contributed by atoms with Gasteiger partial charge in [-0.25, -0.2) is 4.98 Å². The number of halogens is 2. The summed E-state index contributed by atoms with van der Waals surface area (Å²) in [6.07, 6.45) is 2.30. The fourth-order valence-electron chi connectivity index (χ4n) is 0.683. The molecule has 1 rings (SSSR count). The van der Waals surface area contributed by atoms with Gasteiger partial charge in [0, 0.05) is 6.20 Å². The molecular weight excluding hydrogens is 229 g/mol. The van der Waals surface area contributed by atoms with Crippen molar-refractivity contribution in [2.75, 3.05) is 0 Å². The minimum absolute atomic E-state index is 0.409. The zero-order chi connectivity index (χ0) is 8.43. The lowest BCUT2D eigenvalue weighted by Gasteiger charge is -2.00. The first kappa shape index (κ1) is 8.68. The molecule has 1 aromatic heterocycles. The molecule has 0 fully saturated rings. The van der Waals surface area contributed by atoms with Gasteiger partial charge in [-0.2, -0.15) is 0 Å². The maximum atomic E-state index is 10.4. The summed E-state index contributed by atoms with van der Waals surface area (Å²) >= 11 is 8.91. The predicted molar refractivity (Wildman–Crippen MR) is 47.1 cm³/mol. The first-order valence-electron chi connectivity index (χ1n) is 2.92. The standard InChI is InChI=1S/C7H5BrClNO/c1-4-2-10-7(8)5(3-11)6(4)9/h2-3H,1H3. The van der Waals surface area contributed by atoms with Gasteiger partial charge in [0.15, 0.2) is 6.29 Å². The summed E-state index contributed by atoms with van der Waals surface area (Å²) in [5, 5.41) is 0.460. The fourth-order valence-corrected chi connectivity index (χ4v) is 1.37. The molecule has 0 bridgehead atoms. The lowest BCUT2D eigenvalue weighted by Crippen LogP contribution is -1.90. The zero-order valence-electron chi connectivity index (χ0n) is 5.77. The van der Waals surface area contributed by atoms with Crippen LogP contribution >= 0.6 is 27.5 Å². The molecule has 0 spiro atoms. The number of hydrogen-bond acceptors (Lipinski definition) is 2. The van der Waals surface area contributed by atoms with E-state index in [4.69, 9.17) is 11.6 Å². The van der Waals surface area contributed by atoms with E-state index < -0.39 is 0 Å². The maximum Gasteiger partial charge on any atom is 0.154 e. The average molecular weight is 234 g/mol. The van der Waals surface area contributed by atoms with E-state index in [9.17, 15) is 4.79 Å². The Kier molecular flexibility index (Phi) is 2.62. The van der Waals surface area contributed by atoms with Gasteiger partial charge in [0.2, 0.25) is 0 Å². The van der Waals surface area contributed by atoms with Crippen molar-refractivity contribution in [1.82, 2.24) is 4.98 Å². The monoisotopic (exact) mass is 233 g/mol. The molecule has 0 atom stereocenters. The number of rotatable bonds is 1. The van der Waals surface area contributed by atoms with E-state index >= 15 is 0 Å². The van der Waals surface area contributed by atoms with Crippen LogP contribution in [0.5, 0.6) is 0 Å². The molecule has 1 aromatic rings. The van der Waals surface area contributed by atoms with Gasteiger partial charge >= 0.3 is 0 Å². The van der Waals surface area contributed by atoms with Crippen molar-refractivity contribution in [2.24, 2.45) is 0 Å². The first-order chi connectivity index (χ1) is 5.16. The first-order valence-corrected chi connectivity index (χ1v) is 4.09. The van der Waals surface area contributed by atoms with Gasteiger partial charge in [0.25, 0.3) is 0 Å². The van der Waals surface area contributed by atoms with Crippen molar-refractivity contribution >= 4 is 33.8 Å². The number of carbonyl (C=O) groups excluding carboxylic acids is 1. The van der Waals surface area contributed by atoms with Gasteiger partial charge in [-0.3, -0.25) is 4.79 Å². The summed E-state index contributed by atoms with van der Waals surface area (Å²) in [5.41, 5.74) is 1.21. The van der Waals surface area contributed by atoms with Crippen LogP contribution in [0, 0.1) is 6.92 Å². The summed E-state index contributed by atoms with van der Waals surface area (Å²) in [6.45, 7) is 1.80. The van der Waals surface area contributed by atoms with E-state index in [1.165, 1.54) is 0 Å². The number of carbonyl (C=O) groups is 1. The van der Waals surface area contributed by atoms with Crippen LogP contribution in [0.15, 0.2) is 10.8 Å². The van der Waals surface area contributed by atoms with E-state index in [-0.39, 0.29) is 0 Å². The Morgan fingerprint density at radius 1 is 1.73 bits per heavy atom. The van der Waals surface area contributed by atoms with Crippen molar-refractivity contribution in [3.8, 4) is 0 Å². The Hall–Kier alpha value is -0.410. The molecular formula is C7H5BrClNO. The van der Waals surface area contributed by atoms with Crippen molar-refractivity contribution in [2.45, 2.75) is 6.92 Å². The topological polar surface area (TPSA) is 30.0 Å². The van der Waals surface area contributed by atoms with Gasteiger partial charge in [-0.1, -0.05) is 11.6 Å². The third-order valence-electron chi connectivity index (χ3n) is 1.29. The second kappa shape index (κ2) is 3.32. The average Bonchev–Trinajstić information content (AvgIpc) is 1.99. The van der Waals surface area contributed by atoms with Crippen LogP contribution in [-0.4, -0.2) is 11.3 Å². The highest BCUT2D eigenvalue weighted by Gasteiger charge is 2.06. The Morgan fingerprint density at radius 2 is 2.36 bits per heavy atom. The van der Waals surface area contributed by atoms with Crippen molar-refractivity contribution in [3.63, 3.8) is 0 Å². The number of aromatic nitrogens is 1. The minimum Gasteiger partial charge on any atom is -0.298 e. The quantitative estimate of drug-likeness (QED) is 0.552. The molecule has 0 saturated heterocycles. The van der Waals surface area contributed by atoms with Gasteiger partial charge in [-0.05, 0) is 28.4 Å². The Labute approximate surface area is 77.7 Å².